The Morgan fingerprint density at radius 3 is 2.42 bits per heavy atom. The van der Waals surface area contributed by atoms with Crippen molar-refractivity contribution in [1.82, 2.24) is 4.72 Å². The predicted octanol–water partition coefficient (Wildman–Crippen LogP) is 2.41. The van der Waals surface area contributed by atoms with Gasteiger partial charge in [-0.3, -0.25) is 0 Å². The average Bonchev–Trinajstić information content (AvgIpc) is 2.85. The first-order valence-corrected chi connectivity index (χ1v) is 8.14. The topological polar surface area (TPSA) is 66.4 Å². The lowest BCUT2D eigenvalue weighted by Crippen LogP contribution is -2.30. The number of nitrogens with one attached hydrogen (secondary N) is 1. The van der Waals surface area contributed by atoms with E-state index in [-0.39, 0.29) is 10.8 Å². The molecule has 4 nitrogen and oxygen atoms in total. The highest BCUT2D eigenvalue weighted by Gasteiger charge is 2.22. The maximum absolute atomic E-state index is 12.1. The Labute approximate surface area is 120 Å². The van der Waals surface area contributed by atoms with Crippen LogP contribution >= 0.6 is 22.9 Å². The van der Waals surface area contributed by atoms with E-state index in [0.717, 1.165) is 11.3 Å². The number of rotatable bonds is 5. The van der Waals surface area contributed by atoms with E-state index in [1.54, 1.807) is 24.3 Å². The van der Waals surface area contributed by atoms with Crippen molar-refractivity contribution in [3.05, 3.63) is 52.4 Å². The van der Waals surface area contributed by atoms with E-state index in [1.807, 2.05) is 6.07 Å². The third-order valence-electron chi connectivity index (χ3n) is 2.50. The van der Waals surface area contributed by atoms with Gasteiger partial charge in [-0.25, -0.2) is 13.1 Å². The van der Waals surface area contributed by atoms with Crippen LogP contribution in [0.25, 0.3) is 0 Å². The van der Waals surface area contributed by atoms with Gasteiger partial charge in [0, 0.05) is 0 Å². The second kappa shape index (κ2) is 6.02. The van der Waals surface area contributed by atoms with Gasteiger partial charge in [0.15, 0.2) is 0 Å². The van der Waals surface area contributed by atoms with Crippen LogP contribution in [0.5, 0.6) is 0 Å². The van der Waals surface area contributed by atoms with Gasteiger partial charge < -0.3 is 5.11 Å². The van der Waals surface area contributed by atoms with Gasteiger partial charge in [-0.05, 0) is 17.7 Å². The molecule has 0 radical (unpaired) electrons. The van der Waals surface area contributed by atoms with Crippen LogP contribution in [0, 0.1) is 0 Å². The van der Waals surface area contributed by atoms with Crippen molar-refractivity contribution in [3.8, 4) is 0 Å². The molecule has 0 aliphatic heterocycles. The molecule has 0 saturated heterocycles. The van der Waals surface area contributed by atoms with Crippen molar-refractivity contribution in [2.75, 3.05) is 6.61 Å². The first-order valence-electron chi connectivity index (χ1n) is 5.46. The fourth-order valence-corrected chi connectivity index (χ4v) is 4.30. The molecule has 2 aromatic rings. The molecule has 1 heterocycles. The van der Waals surface area contributed by atoms with Crippen LogP contribution in [0.1, 0.15) is 11.6 Å². The van der Waals surface area contributed by atoms with Gasteiger partial charge >= 0.3 is 0 Å². The van der Waals surface area contributed by atoms with Gasteiger partial charge in [-0.2, -0.15) is 0 Å². The maximum Gasteiger partial charge on any atom is 0.250 e. The second-order valence-corrected chi connectivity index (χ2v) is 7.48. The van der Waals surface area contributed by atoms with E-state index in [1.165, 1.54) is 12.1 Å². The third kappa shape index (κ3) is 3.55. The van der Waals surface area contributed by atoms with Gasteiger partial charge in [0.25, 0.3) is 10.0 Å². The summed E-state index contributed by atoms with van der Waals surface area (Å²) < 4.78 is 27.2. The summed E-state index contributed by atoms with van der Waals surface area (Å²) in [5, 5.41) is 9.35. The van der Waals surface area contributed by atoms with Crippen LogP contribution in [0.15, 0.2) is 46.7 Å². The van der Waals surface area contributed by atoms with Crippen LogP contribution in [0.2, 0.25) is 4.34 Å². The van der Waals surface area contributed by atoms with E-state index in [4.69, 9.17) is 11.6 Å². The number of sulfonamides is 1. The Morgan fingerprint density at radius 2 is 1.89 bits per heavy atom. The number of aliphatic hydroxyl groups excluding tert-OH is 1. The Morgan fingerprint density at radius 1 is 1.21 bits per heavy atom. The molecule has 0 fully saturated rings. The van der Waals surface area contributed by atoms with E-state index < -0.39 is 16.1 Å². The summed E-state index contributed by atoms with van der Waals surface area (Å²) in [6.45, 7) is -0.317. The Bertz CT molecular complexity index is 640. The van der Waals surface area contributed by atoms with E-state index in [2.05, 4.69) is 4.72 Å². The predicted molar refractivity (Wildman–Crippen MR) is 75.9 cm³/mol. The number of benzene rings is 1. The summed E-state index contributed by atoms with van der Waals surface area (Å²) in [6.07, 6.45) is 0. The first-order chi connectivity index (χ1) is 9.03. The molecule has 0 aliphatic carbocycles. The van der Waals surface area contributed by atoms with Crippen molar-refractivity contribution in [2.24, 2.45) is 0 Å². The summed E-state index contributed by atoms with van der Waals surface area (Å²) in [5.74, 6) is 0. The molecular formula is C12H12ClNO3S2. The van der Waals surface area contributed by atoms with Crippen LogP contribution in [0.4, 0.5) is 0 Å². The smallest absolute Gasteiger partial charge is 0.250 e. The molecule has 0 saturated carbocycles. The molecule has 0 unspecified atom stereocenters. The molecule has 0 amide bonds. The number of hydrogen-bond donors (Lipinski definition) is 2. The lowest BCUT2D eigenvalue weighted by atomic mass is 10.1. The van der Waals surface area contributed by atoms with Crippen molar-refractivity contribution >= 4 is 33.0 Å². The van der Waals surface area contributed by atoms with Gasteiger partial charge in [0.2, 0.25) is 0 Å². The molecule has 1 aromatic heterocycles. The van der Waals surface area contributed by atoms with Crippen molar-refractivity contribution in [3.63, 3.8) is 0 Å². The van der Waals surface area contributed by atoms with Crippen molar-refractivity contribution < 1.29 is 13.5 Å². The summed E-state index contributed by atoms with van der Waals surface area (Å²) >= 11 is 6.71. The molecule has 0 bridgehead atoms. The first kappa shape index (κ1) is 14.5. The summed E-state index contributed by atoms with van der Waals surface area (Å²) in [4.78, 5) is 0. The molecule has 0 aliphatic rings. The number of hydrogen-bond acceptors (Lipinski definition) is 4. The van der Waals surface area contributed by atoms with Crippen molar-refractivity contribution in [2.45, 2.75) is 10.3 Å². The second-order valence-electron chi connectivity index (χ2n) is 3.83. The van der Waals surface area contributed by atoms with Crippen molar-refractivity contribution in [1.29, 1.82) is 0 Å². The maximum atomic E-state index is 12.1. The van der Waals surface area contributed by atoms with Gasteiger partial charge in [0.05, 0.1) is 17.0 Å². The fraction of sp³-hybridized carbons (Fsp3) is 0.167. The standard InChI is InChI=1S/C12H12ClNO3S2/c13-11-6-7-12(18-11)19(16,17)14-10(8-15)9-4-2-1-3-5-9/h1-7,10,14-15H,8H2/t10-/m1/s1. The van der Waals surface area contributed by atoms with Crippen LogP contribution in [0.3, 0.4) is 0 Å². The minimum Gasteiger partial charge on any atom is -0.394 e. The Balaban J connectivity index is 2.23. The van der Waals surface area contributed by atoms with E-state index >= 15 is 0 Å². The Kier molecular flexibility index (Phi) is 4.59. The quantitative estimate of drug-likeness (QED) is 0.890. The van der Waals surface area contributed by atoms with Gasteiger partial charge in [-0.15, -0.1) is 11.3 Å². The molecule has 102 valence electrons. The molecule has 19 heavy (non-hydrogen) atoms. The molecule has 0 spiro atoms. The zero-order valence-corrected chi connectivity index (χ0v) is 12.2. The lowest BCUT2D eigenvalue weighted by molar-refractivity contribution is 0.259. The molecule has 1 aromatic carbocycles. The number of halogens is 1. The van der Waals surface area contributed by atoms with Gasteiger partial charge in [-0.1, -0.05) is 41.9 Å². The highest BCUT2D eigenvalue weighted by molar-refractivity contribution is 7.91. The number of thiophene rings is 1. The SMILES string of the molecule is O=S(=O)(N[C@H](CO)c1ccccc1)c1ccc(Cl)s1. The van der Waals surface area contributed by atoms with E-state index in [9.17, 15) is 13.5 Å². The third-order valence-corrected chi connectivity index (χ3v) is 5.69. The van der Waals surface area contributed by atoms with Gasteiger partial charge in [0.1, 0.15) is 4.21 Å². The van der Waals surface area contributed by atoms with Crippen LogP contribution in [-0.4, -0.2) is 20.1 Å². The summed E-state index contributed by atoms with van der Waals surface area (Å²) in [6, 6.07) is 11.2. The normalized spacial score (nSPS) is 13.4. The zero-order valence-electron chi connectivity index (χ0n) is 9.78. The van der Waals surface area contributed by atoms with E-state index in [0.29, 0.717) is 9.90 Å². The van der Waals surface area contributed by atoms with Crippen LogP contribution in [-0.2, 0) is 10.0 Å². The Hall–Kier alpha value is -0.920. The zero-order chi connectivity index (χ0) is 13.9. The summed E-state index contributed by atoms with van der Waals surface area (Å²) in [5.41, 5.74) is 0.705. The monoisotopic (exact) mass is 317 g/mol. The van der Waals surface area contributed by atoms with Crippen LogP contribution < -0.4 is 4.72 Å². The fourth-order valence-electron chi connectivity index (χ4n) is 1.58. The molecule has 7 heteroatoms. The average molecular weight is 318 g/mol. The highest BCUT2D eigenvalue weighted by atomic mass is 35.5. The molecular weight excluding hydrogens is 306 g/mol. The number of aliphatic hydroxyl groups is 1. The molecule has 2 rings (SSSR count). The minimum atomic E-state index is -3.67. The minimum absolute atomic E-state index is 0.131. The molecule has 2 N–H and O–H groups in total. The molecule has 1 atom stereocenters. The summed E-state index contributed by atoms with van der Waals surface area (Å²) in [7, 11) is -3.67. The lowest BCUT2D eigenvalue weighted by Gasteiger charge is -2.16. The largest absolute Gasteiger partial charge is 0.394 e. The highest BCUT2D eigenvalue weighted by Crippen LogP contribution is 2.26.